The standard InChI is InChI=1S/C43H33N/c1-43(2)40-23-13-11-21-37(40)39-27-25-31-29-33(26-28-35(31)42(39)43)44(32-17-7-4-8-18-32)41-24-14-12-22-38(41)36-20-10-9-19-34(36)30-15-5-3-6-16-30/h3-29H,1-2H3. The third-order valence-electron chi connectivity index (χ3n) is 9.24. The van der Waals surface area contributed by atoms with E-state index in [4.69, 9.17) is 0 Å². The molecule has 0 aliphatic heterocycles. The monoisotopic (exact) mass is 563 g/mol. The Morgan fingerprint density at radius 3 is 1.82 bits per heavy atom. The summed E-state index contributed by atoms with van der Waals surface area (Å²) in [4.78, 5) is 2.41. The number of fused-ring (bicyclic) bond motifs is 5. The van der Waals surface area contributed by atoms with Gasteiger partial charge in [0.15, 0.2) is 0 Å². The molecule has 0 N–H and O–H groups in total. The Morgan fingerprint density at radius 1 is 0.432 bits per heavy atom. The fraction of sp³-hybridized carbons (Fsp3) is 0.0698. The van der Waals surface area contributed by atoms with Gasteiger partial charge < -0.3 is 4.90 Å². The summed E-state index contributed by atoms with van der Waals surface area (Å²) < 4.78 is 0. The summed E-state index contributed by atoms with van der Waals surface area (Å²) in [5, 5.41) is 2.58. The number of anilines is 3. The Kier molecular flexibility index (Phi) is 6.20. The summed E-state index contributed by atoms with van der Waals surface area (Å²) in [6.07, 6.45) is 0. The molecule has 0 spiro atoms. The van der Waals surface area contributed by atoms with Crippen LogP contribution in [0.2, 0.25) is 0 Å². The summed E-state index contributed by atoms with van der Waals surface area (Å²) in [5.41, 5.74) is 13.8. The largest absolute Gasteiger partial charge is 0.310 e. The molecule has 0 unspecified atom stereocenters. The molecular formula is C43H33N. The minimum Gasteiger partial charge on any atom is -0.310 e. The van der Waals surface area contributed by atoms with E-state index in [2.05, 4.69) is 183 Å². The molecule has 0 saturated heterocycles. The molecule has 1 aliphatic carbocycles. The van der Waals surface area contributed by atoms with Crippen LogP contribution in [0.25, 0.3) is 44.2 Å². The number of hydrogen-bond acceptors (Lipinski definition) is 1. The zero-order chi connectivity index (χ0) is 29.7. The Hall–Kier alpha value is -5.40. The van der Waals surface area contributed by atoms with Crippen LogP contribution in [-0.2, 0) is 5.41 Å². The summed E-state index contributed by atoms with van der Waals surface area (Å²) in [6, 6.07) is 59.5. The maximum atomic E-state index is 2.41. The molecule has 0 bridgehead atoms. The van der Waals surface area contributed by atoms with Gasteiger partial charge in [-0.15, -0.1) is 0 Å². The quantitative estimate of drug-likeness (QED) is 0.201. The van der Waals surface area contributed by atoms with Crippen LogP contribution in [0.1, 0.15) is 25.0 Å². The highest BCUT2D eigenvalue weighted by Gasteiger charge is 2.36. The number of hydrogen-bond donors (Lipinski definition) is 0. The maximum Gasteiger partial charge on any atom is 0.0540 e. The predicted molar refractivity (Wildman–Crippen MR) is 187 cm³/mol. The summed E-state index contributed by atoms with van der Waals surface area (Å²) >= 11 is 0. The number of rotatable bonds is 5. The van der Waals surface area contributed by atoms with Gasteiger partial charge in [0.2, 0.25) is 0 Å². The van der Waals surface area contributed by atoms with Gasteiger partial charge in [-0.3, -0.25) is 0 Å². The van der Waals surface area contributed by atoms with Gasteiger partial charge in [0.05, 0.1) is 5.69 Å². The Balaban J connectivity index is 1.33. The average Bonchev–Trinajstić information content (AvgIpc) is 3.32. The van der Waals surface area contributed by atoms with Gasteiger partial charge in [-0.1, -0.05) is 147 Å². The van der Waals surface area contributed by atoms with Crippen LogP contribution in [0.15, 0.2) is 164 Å². The topological polar surface area (TPSA) is 3.24 Å². The highest BCUT2D eigenvalue weighted by atomic mass is 15.1. The lowest BCUT2D eigenvalue weighted by atomic mass is 9.80. The second-order valence-electron chi connectivity index (χ2n) is 12.2. The van der Waals surface area contributed by atoms with Crippen LogP contribution >= 0.6 is 0 Å². The molecule has 0 fully saturated rings. The fourth-order valence-corrected chi connectivity index (χ4v) is 7.24. The Labute approximate surface area is 259 Å². The van der Waals surface area contributed by atoms with E-state index in [9.17, 15) is 0 Å². The Bertz CT molecular complexity index is 2140. The zero-order valence-corrected chi connectivity index (χ0v) is 25.0. The Morgan fingerprint density at radius 2 is 1.05 bits per heavy atom. The molecule has 1 aliphatic rings. The lowest BCUT2D eigenvalue weighted by Crippen LogP contribution is -2.15. The lowest BCUT2D eigenvalue weighted by Gasteiger charge is -2.29. The van der Waals surface area contributed by atoms with Crippen LogP contribution in [-0.4, -0.2) is 0 Å². The maximum absolute atomic E-state index is 2.41. The molecule has 1 nitrogen and oxygen atoms in total. The van der Waals surface area contributed by atoms with E-state index < -0.39 is 0 Å². The second kappa shape index (κ2) is 10.4. The van der Waals surface area contributed by atoms with Gasteiger partial charge in [-0.25, -0.2) is 0 Å². The molecule has 7 aromatic carbocycles. The molecule has 0 radical (unpaired) electrons. The molecule has 0 heterocycles. The molecular weight excluding hydrogens is 530 g/mol. The van der Waals surface area contributed by atoms with Crippen molar-refractivity contribution in [3.63, 3.8) is 0 Å². The van der Waals surface area contributed by atoms with Crippen LogP contribution in [0, 0.1) is 0 Å². The first kappa shape index (κ1) is 26.2. The van der Waals surface area contributed by atoms with Gasteiger partial charge >= 0.3 is 0 Å². The van der Waals surface area contributed by atoms with Crippen molar-refractivity contribution in [2.24, 2.45) is 0 Å². The van der Waals surface area contributed by atoms with E-state index in [0.717, 1.165) is 17.1 Å². The van der Waals surface area contributed by atoms with Crippen molar-refractivity contribution in [3.05, 3.63) is 175 Å². The molecule has 8 rings (SSSR count). The highest BCUT2D eigenvalue weighted by Crippen LogP contribution is 2.52. The van der Waals surface area contributed by atoms with Crippen molar-refractivity contribution in [1.82, 2.24) is 0 Å². The van der Waals surface area contributed by atoms with Gasteiger partial charge in [-0.05, 0) is 80.0 Å². The minimum atomic E-state index is -0.0557. The zero-order valence-electron chi connectivity index (χ0n) is 25.0. The lowest BCUT2D eigenvalue weighted by molar-refractivity contribution is 0.666. The van der Waals surface area contributed by atoms with Crippen molar-refractivity contribution >= 4 is 27.8 Å². The molecule has 44 heavy (non-hydrogen) atoms. The van der Waals surface area contributed by atoms with Gasteiger partial charge in [0.25, 0.3) is 0 Å². The van der Waals surface area contributed by atoms with Gasteiger partial charge in [-0.2, -0.15) is 0 Å². The highest BCUT2D eigenvalue weighted by molar-refractivity contribution is 6.00. The summed E-state index contributed by atoms with van der Waals surface area (Å²) in [6.45, 7) is 4.73. The fourth-order valence-electron chi connectivity index (χ4n) is 7.24. The van der Waals surface area contributed by atoms with Crippen LogP contribution in [0.4, 0.5) is 17.1 Å². The predicted octanol–water partition coefficient (Wildman–Crippen LogP) is 11.9. The van der Waals surface area contributed by atoms with E-state index in [1.807, 2.05) is 0 Å². The normalized spacial score (nSPS) is 13.0. The third kappa shape index (κ3) is 4.16. The molecule has 0 atom stereocenters. The van der Waals surface area contributed by atoms with Crippen molar-refractivity contribution in [3.8, 4) is 33.4 Å². The van der Waals surface area contributed by atoms with Crippen LogP contribution in [0.3, 0.4) is 0 Å². The number of nitrogens with zero attached hydrogens (tertiary/aromatic N) is 1. The smallest absolute Gasteiger partial charge is 0.0540 e. The molecule has 0 aromatic heterocycles. The van der Waals surface area contributed by atoms with E-state index in [0.29, 0.717) is 0 Å². The molecule has 0 amide bonds. The van der Waals surface area contributed by atoms with Crippen molar-refractivity contribution < 1.29 is 0 Å². The molecule has 0 saturated carbocycles. The summed E-state index contributed by atoms with van der Waals surface area (Å²) in [5.74, 6) is 0. The van der Waals surface area contributed by atoms with E-state index >= 15 is 0 Å². The van der Waals surface area contributed by atoms with Crippen molar-refractivity contribution in [1.29, 1.82) is 0 Å². The summed E-state index contributed by atoms with van der Waals surface area (Å²) in [7, 11) is 0. The van der Waals surface area contributed by atoms with Crippen LogP contribution < -0.4 is 4.90 Å². The molecule has 7 aromatic rings. The number of para-hydroxylation sites is 2. The van der Waals surface area contributed by atoms with Crippen molar-refractivity contribution in [2.45, 2.75) is 19.3 Å². The second-order valence-corrected chi connectivity index (χ2v) is 12.2. The van der Waals surface area contributed by atoms with Gasteiger partial charge in [0, 0.05) is 22.4 Å². The third-order valence-corrected chi connectivity index (χ3v) is 9.24. The number of benzene rings is 7. The first-order chi connectivity index (χ1) is 21.6. The average molecular weight is 564 g/mol. The first-order valence-electron chi connectivity index (χ1n) is 15.4. The van der Waals surface area contributed by atoms with E-state index in [1.54, 1.807) is 0 Å². The van der Waals surface area contributed by atoms with E-state index in [1.165, 1.54) is 55.3 Å². The van der Waals surface area contributed by atoms with Crippen LogP contribution in [0.5, 0.6) is 0 Å². The first-order valence-corrected chi connectivity index (χ1v) is 15.4. The molecule has 1 heteroatoms. The minimum absolute atomic E-state index is 0.0557. The molecule has 210 valence electrons. The van der Waals surface area contributed by atoms with E-state index in [-0.39, 0.29) is 5.41 Å². The SMILES string of the molecule is CC1(C)c2ccccc2-c2ccc3cc(N(c4ccccc4)c4ccccc4-c4ccccc4-c4ccccc4)ccc3c21. The van der Waals surface area contributed by atoms with Crippen molar-refractivity contribution in [2.75, 3.05) is 4.90 Å². The van der Waals surface area contributed by atoms with Gasteiger partial charge in [0.1, 0.15) is 0 Å².